The van der Waals surface area contributed by atoms with Gasteiger partial charge in [-0.15, -0.1) is 0 Å². The number of likely N-dealkylation sites (tertiary alicyclic amines) is 1. The monoisotopic (exact) mass is 370 g/mol. The molecule has 27 heavy (non-hydrogen) atoms. The van der Waals surface area contributed by atoms with Crippen LogP contribution in [0.5, 0.6) is 0 Å². The highest BCUT2D eigenvalue weighted by Gasteiger charge is 2.35. The molecule has 0 spiro atoms. The summed E-state index contributed by atoms with van der Waals surface area (Å²) in [5, 5.41) is 10.3. The summed E-state index contributed by atoms with van der Waals surface area (Å²) < 4.78 is 1.76. The van der Waals surface area contributed by atoms with E-state index < -0.39 is 5.97 Å². The van der Waals surface area contributed by atoms with Gasteiger partial charge in [0.15, 0.2) is 0 Å². The molecule has 144 valence electrons. The second kappa shape index (κ2) is 6.98. The molecule has 1 aromatic heterocycles. The quantitative estimate of drug-likeness (QED) is 0.877. The van der Waals surface area contributed by atoms with Crippen molar-refractivity contribution in [3.63, 3.8) is 0 Å². The van der Waals surface area contributed by atoms with Crippen LogP contribution in [0.1, 0.15) is 22.5 Å². The average molecular weight is 370 g/mol. The van der Waals surface area contributed by atoms with Gasteiger partial charge in [-0.25, -0.2) is 4.79 Å². The molecule has 2 saturated heterocycles. The number of carbonyl (C=O) groups is 2. The van der Waals surface area contributed by atoms with Crippen molar-refractivity contribution >= 4 is 22.8 Å². The minimum Gasteiger partial charge on any atom is -0.477 e. The van der Waals surface area contributed by atoms with E-state index in [0.29, 0.717) is 5.69 Å². The number of aromatic nitrogens is 1. The molecule has 3 heterocycles. The Kier molecular flexibility index (Phi) is 4.65. The number of aryl methyl sites for hydroxylation is 1. The van der Waals surface area contributed by atoms with Crippen LogP contribution in [0.15, 0.2) is 24.3 Å². The molecular formula is C20H26N4O3. The Hall–Kier alpha value is -2.38. The Morgan fingerprint density at radius 1 is 1.11 bits per heavy atom. The summed E-state index contributed by atoms with van der Waals surface area (Å²) >= 11 is 0. The number of hydrogen-bond acceptors (Lipinski definition) is 4. The van der Waals surface area contributed by atoms with Gasteiger partial charge in [-0.2, -0.15) is 0 Å². The van der Waals surface area contributed by atoms with Gasteiger partial charge in [0.05, 0.1) is 11.6 Å². The lowest BCUT2D eigenvalue weighted by Gasteiger charge is -2.42. The number of carboxylic acid groups (broad SMARTS) is 1. The zero-order valence-electron chi connectivity index (χ0n) is 15.9. The first-order valence-electron chi connectivity index (χ1n) is 9.47. The number of carbonyl (C=O) groups excluding carboxylic acids is 1. The average Bonchev–Trinajstić information content (AvgIpc) is 2.99. The van der Waals surface area contributed by atoms with E-state index >= 15 is 0 Å². The minimum atomic E-state index is -0.910. The highest BCUT2D eigenvalue weighted by Crippen LogP contribution is 2.25. The third-order valence-electron chi connectivity index (χ3n) is 6.01. The maximum atomic E-state index is 12.5. The number of piperazine rings is 1. The lowest BCUT2D eigenvalue weighted by atomic mass is 10.0. The lowest BCUT2D eigenvalue weighted by molar-refractivity contribution is -0.142. The number of hydrogen-bond donors (Lipinski definition) is 1. The molecule has 7 nitrogen and oxygen atoms in total. The van der Waals surface area contributed by atoms with Crippen molar-refractivity contribution < 1.29 is 14.7 Å². The fourth-order valence-corrected chi connectivity index (χ4v) is 4.24. The molecular weight excluding hydrogens is 344 g/mol. The summed E-state index contributed by atoms with van der Waals surface area (Å²) in [7, 11) is 3.81. The van der Waals surface area contributed by atoms with Gasteiger partial charge in [-0.05, 0) is 25.1 Å². The van der Waals surface area contributed by atoms with Crippen molar-refractivity contribution in [2.24, 2.45) is 7.05 Å². The van der Waals surface area contributed by atoms with Crippen LogP contribution in [0.25, 0.3) is 10.9 Å². The second-order valence-corrected chi connectivity index (χ2v) is 7.64. The zero-order chi connectivity index (χ0) is 19.1. The zero-order valence-corrected chi connectivity index (χ0v) is 15.9. The molecule has 1 atom stereocenters. The van der Waals surface area contributed by atoms with Crippen LogP contribution in [0.2, 0.25) is 0 Å². The number of carboxylic acids is 1. The van der Waals surface area contributed by atoms with Crippen molar-refractivity contribution in [1.82, 2.24) is 19.3 Å². The number of para-hydroxylation sites is 1. The lowest BCUT2D eigenvalue weighted by Crippen LogP contribution is -2.58. The van der Waals surface area contributed by atoms with E-state index in [9.17, 15) is 14.7 Å². The van der Waals surface area contributed by atoms with Gasteiger partial charge < -0.3 is 14.6 Å². The van der Waals surface area contributed by atoms with E-state index in [2.05, 4.69) is 15.9 Å². The van der Waals surface area contributed by atoms with Crippen LogP contribution in [0.4, 0.5) is 0 Å². The number of rotatable bonds is 4. The van der Waals surface area contributed by atoms with Crippen LogP contribution in [0.3, 0.4) is 0 Å². The maximum absolute atomic E-state index is 12.5. The number of benzene rings is 1. The smallest absolute Gasteiger partial charge is 0.352 e. The van der Waals surface area contributed by atoms with Gasteiger partial charge in [0, 0.05) is 51.7 Å². The minimum absolute atomic E-state index is 0.0723. The first-order chi connectivity index (χ1) is 13.0. The third-order valence-corrected chi connectivity index (χ3v) is 6.01. The van der Waals surface area contributed by atoms with Crippen molar-refractivity contribution in [3.05, 3.63) is 35.5 Å². The Balaban J connectivity index is 1.45. The molecule has 2 aliphatic rings. The molecule has 1 amide bonds. The molecule has 2 aliphatic heterocycles. The van der Waals surface area contributed by atoms with Gasteiger partial charge in [-0.1, -0.05) is 18.2 Å². The van der Waals surface area contributed by atoms with E-state index in [-0.39, 0.29) is 11.9 Å². The Morgan fingerprint density at radius 3 is 2.44 bits per heavy atom. The summed E-state index contributed by atoms with van der Waals surface area (Å²) in [6.45, 7) is 4.97. The third kappa shape index (κ3) is 3.21. The first kappa shape index (κ1) is 18.0. The largest absolute Gasteiger partial charge is 0.477 e. The fraction of sp³-hybridized carbons (Fsp3) is 0.500. The molecule has 1 aromatic carbocycles. The molecule has 1 unspecified atom stereocenters. The molecule has 0 saturated carbocycles. The molecule has 2 fully saturated rings. The van der Waals surface area contributed by atoms with Gasteiger partial charge in [-0.3, -0.25) is 14.6 Å². The van der Waals surface area contributed by atoms with E-state index in [0.717, 1.165) is 62.2 Å². The van der Waals surface area contributed by atoms with Crippen LogP contribution in [-0.2, 0) is 18.4 Å². The Labute approximate surface area is 158 Å². The Bertz CT molecular complexity index is 883. The summed E-state index contributed by atoms with van der Waals surface area (Å²) in [4.78, 5) is 30.4. The Morgan fingerprint density at radius 2 is 1.85 bits per heavy atom. The second-order valence-electron chi connectivity index (χ2n) is 7.64. The number of fused-ring (bicyclic) bond motifs is 1. The summed E-state index contributed by atoms with van der Waals surface area (Å²) in [6, 6.07) is 7.80. The van der Waals surface area contributed by atoms with E-state index in [4.69, 9.17) is 0 Å². The predicted molar refractivity (Wildman–Crippen MR) is 103 cm³/mol. The SMILES string of the molecule is CN1CCC1C(=O)N1CCN(Cc2cccc3cc(C(=O)O)n(C)c23)CC1. The van der Waals surface area contributed by atoms with Crippen LogP contribution in [-0.4, -0.2) is 82.1 Å². The topological polar surface area (TPSA) is 69.0 Å². The standard InChI is InChI=1S/C20H26N4O3/c1-21-7-6-16(21)19(25)24-10-8-23(9-11-24)13-15-5-3-4-14-12-17(20(26)27)22(2)18(14)15/h3-5,12,16H,6-11,13H2,1-2H3,(H,26,27). The molecule has 0 aliphatic carbocycles. The number of aromatic carboxylic acids is 1. The van der Waals surface area contributed by atoms with E-state index in [1.165, 1.54) is 0 Å². The fourth-order valence-electron chi connectivity index (χ4n) is 4.24. The van der Waals surface area contributed by atoms with Crippen molar-refractivity contribution in [1.29, 1.82) is 0 Å². The van der Waals surface area contributed by atoms with Gasteiger partial charge in [0.25, 0.3) is 0 Å². The number of amides is 1. The number of likely N-dealkylation sites (N-methyl/N-ethyl adjacent to an activating group) is 1. The van der Waals surface area contributed by atoms with Crippen molar-refractivity contribution in [2.75, 3.05) is 39.8 Å². The van der Waals surface area contributed by atoms with E-state index in [1.807, 2.05) is 24.1 Å². The molecule has 0 radical (unpaired) electrons. The van der Waals surface area contributed by atoms with Crippen molar-refractivity contribution in [2.45, 2.75) is 19.0 Å². The summed E-state index contributed by atoms with van der Waals surface area (Å²) in [5.41, 5.74) is 2.41. The normalized spacial score (nSPS) is 21.4. The van der Waals surface area contributed by atoms with Crippen molar-refractivity contribution in [3.8, 4) is 0 Å². The molecule has 1 N–H and O–H groups in total. The molecule has 4 rings (SSSR count). The molecule has 7 heteroatoms. The summed E-state index contributed by atoms with van der Waals surface area (Å²) in [5.74, 6) is -0.647. The predicted octanol–water partition coefficient (Wildman–Crippen LogP) is 1.22. The van der Waals surface area contributed by atoms with Crippen LogP contribution >= 0.6 is 0 Å². The highest BCUT2D eigenvalue weighted by atomic mass is 16.4. The molecule has 0 bridgehead atoms. The van der Waals surface area contributed by atoms with Gasteiger partial charge >= 0.3 is 5.97 Å². The summed E-state index contributed by atoms with van der Waals surface area (Å²) in [6.07, 6.45) is 0.969. The van der Waals surface area contributed by atoms with E-state index in [1.54, 1.807) is 17.7 Å². The maximum Gasteiger partial charge on any atom is 0.352 e. The first-order valence-corrected chi connectivity index (χ1v) is 9.47. The van der Waals surface area contributed by atoms with Crippen LogP contribution in [0, 0.1) is 0 Å². The molecule has 2 aromatic rings. The number of nitrogens with zero attached hydrogens (tertiary/aromatic N) is 4. The van der Waals surface area contributed by atoms with Crippen LogP contribution < -0.4 is 0 Å². The highest BCUT2D eigenvalue weighted by molar-refractivity contribution is 5.95. The van der Waals surface area contributed by atoms with Gasteiger partial charge in [0.2, 0.25) is 5.91 Å². The van der Waals surface area contributed by atoms with Gasteiger partial charge in [0.1, 0.15) is 5.69 Å².